The Balaban J connectivity index is 1.58. The predicted octanol–water partition coefficient (Wildman–Crippen LogP) is 5.11. The molecule has 5 rings (SSSR count). The van der Waals surface area contributed by atoms with Gasteiger partial charge in [-0.05, 0) is 74.9 Å². The lowest BCUT2D eigenvalue weighted by molar-refractivity contribution is 0.624. The van der Waals surface area contributed by atoms with Crippen molar-refractivity contribution in [3.05, 3.63) is 74.9 Å². The normalized spacial score (nSPS) is 19.3. The van der Waals surface area contributed by atoms with Gasteiger partial charge in [-0.15, -0.1) is 11.3 Å². The Kier molecular flexibility index (Phi) is 6.20. The second-order valence-corrected chi connectivity index (χ2v) is 10.2. The number of aromatic nitrogens is 1. The molecule has 0 saturated heterocycles. The van der Waals surface area contributed by atoms with E-state index in [2.05, 4.69) is 27.9 Å². The molecule has 2 atom stereocenters. The highest BCUT2D eigenvalue weighted by Crippen LogP contribution is 2.38. The molecule has 0 bridgehead atoms. The van der Waals surface area contributed by atoms with Crippen LogP contribution in [0.15, 0.2) is 47.1 Å². The van der Waals surface area contributed by atoms with E-state index in [9.17, 15) is 15.8 Å². The number of hydrogen-bond acceptors (Lipinski definition) is 7. The standard InChI is InChI=1S/C28H25N7S/c1-17-12-19(18(2)34(17)28-23(15-30)22-10-6-7-11-25(22)36-28)13-20(14-29)26-24(16-31)27(32)35(33-26)21-8-4-3-5-9-21/h3-5,8-9,12-13,24,27H,6-7,10-11,32H2,1-2H3/b20-13-/t24-,27-/m0/s1. The van der Waals surface area contributed by atoms with Gasteiger partial charge in [0.15, 0.2) is 0 Å². The highest BCUT2D eigenvalue weighted by molar-refractivity contribution is 7.15. The van der Waals surface area contributed by atoms with E-state index >= 15 is 0 Å². The Morgan fingerprint density at radius 1 is 1.14 bits per heavy atom. The number of rotatable bonds is 4. The number of hydrazone groups is 1. The van der Waals surface area contributed by atoms with E-state index in [4.69, 9.17) is 5.73 Å². The molecular weight excluding hydrogens is 466 g/mol. The van der Waals surface area contributed by atoms with E-state index in [1.807, 2.05) is 50.2 Å². The van der Waals surface area contributed by atoms with Gasteiger partial charge in [0.05, 0.1) is 28.6 Å². The lowest BCUT2D eigenvalue weighted by atomic mass is 9.95. The average Bonchev–Trinajstić information content (AvgIpc) is 3.52. The zero-order valence-electron chi connectivity index (χ0n) is 20.2. The Hall–Kier alpha value is -4.16. The van der Waals surface area contributed by atoms with Gasteiger partial charge in [0.25, 0.3) is 0 Å². The number of nitrogens with zero attached hydrogens (tertiary/aromatic N) is 6. The van der Waals surface area contributed by atoms with Gasteiger partial charge in [-0.1, -0.05) is 18.2 Å². The minimum atomic E-state index is -0.742. The summed E-state index contributed by atoms with van der Waals surface area (Å²) >= 11 is 1.70. The van der Waals surface area contributed by atoms with Gasteiger partial charge in [0.1, 0.15) is 29.2 Å². The molecule has 8 heteroatoms. The molecule has 36 heavy (non-hydrogen) atoms. The van der Waals surface area contributed by atoms with E-state index < -0.39 is 12.1 Å². The number of thiophene rings is 1. The number of anilines is 1. The van der Waals surface area contributed by atoms with Crippen LogP contribution in [-0.2, 0) is 12.8 Å². The van der Waals surface area contributed by atoms with Crippen LogP contribution in [0, 0.1) is 53.8 Å². The third-order valence-corrected chi connectivity index (χ3v) is 8.20. The van der Waals surface area contributed by atoms with Crippen molar-refractivity contribution in [3.8, 4) is 23.2 Å². The maximum Gasteiger partial charge on any atom is 0.127 e. The molecule has 3 aromatic rings. The zero-order chi connectivity index (χ0) is 25.4. The predicted molar refractivity (Wildman–Crippen MR) is 142 cm³/mol. The van der Waals surface area contributed by atoms with Crippen molar-refractivity contribution >= 4 is 28.8 Å². The van der Waals surface area contributed by atoms with Gasteiger partial charge < -0.3 is 10.3 Å². The molecule has 0 radical (unpaired) electrons. The molecule has 1 aliphatic heterocycles. The van der Waals surface area contributed by atoms with Gasteiger partial charge in [-0.25, -0.2) is 5.01 Å². The Morgan fingerprint density at radius 2 is 1.89 bits per heavy atom. The summed E-state index contributed by atoms with van der Waals surface area (Å²) in [5.74, 6) is -0.742. The topological polar surface area (TPSA) is 118 Å². The number of allylic oxidation sites excluding steroid dienone is 1. The summed E-state index contributed by atoms with van der Waals surface area (Å²) in [6, 6.07) is 18.3. The number of nitrogens with two attached hydrogens (primary N) is 1. The van der Waals surface area contributed by atoms with E-state index in [1.54, 1.807) is 22.4 Å². The molecule has 0 saturated carbocycles. The molecule has 2 aromatic heterocycles. The fraction of sp³-hybridized carbons (Fsp3) is 0.286. The molecule has 3 heterocycles. The van der Waals surface area contributed by atoms with Crippen LogP contribution in [0.25, 0.3) is 11.1 Å². The number of nitriles is 3. The molecule has 7 nitrogen and oxygen atoms in total. The first-order valence-corrected chi connectivity index (χ1v) is 12.7. The molecular formula is C28H25N7S. The summed E-state index contributed by atoms with van der Waals surface area (Å²) in [4.78, 5) is 1.31. The van der Waals surface area contributed by atoms with E-state index in [1.165, 1.54) is 10.4 Å². The quantitative estimate of drug-likeness (QED) is 0.509. The smallest absolute Gasteiger partial charge is 0.127 e. The van der Waals surface area contributed by atoms with Gasteiger partial charge in [-0.2, -0.15) is 20.9 Å². The largest absolute Gasteiger partial charge is 0.308 e. The molecule has 2 N–H and O–H groups in total. The second-order valence-electron chi connectivity index (χ2n) is 9.10. The first-order chi connectivity index (χ1) is 17.5. The molecule has 2 aliphatic rings. The van der Waals surface area contributed by atoms with Crippen molar-refractivity contribution in [3.63, 3.8) is 0 Å². The van der Waals surface area contributed by atoms with Crippen LogP contribution < -0.4 is 10.7 Å². The van der Waals surface area contributed by atoms with Gasteiger partial charge in [0, 0.05) is 16.3 Å². The van der Waals surface area contributed by atoms with Crippen LogP contribution in [0.1, 0.15) is 45.8 Å². The highest BCUT2D eigenvalue weighted by atomic mass is 32.1. The lowest BCUT2D eigenvalue weighted by Crippen LogP contribution is -2.40. The zero-order valence-corrected chi connectivity index (χ0v) is 21.0. The highest BCUT2D eigenvalue weighted by Gasteiger charge is 2.37. The molecule has 0 fully saturated rings. The van der Waals surface area contributed by atoms with E-state index in [0.717, 1.165) is 58.9 Å². The summed E-state index contributed by atoms with van der Waals surface area (Å²) in [6.45, 7) is 4.00. The number of hydrogen-bond donors (Lipinski definition) is 1. The average molecular weight is 492 g/mol. The van der Waals surface area contributed by atoms with Crippen molar-refractivity contribution in [2.75, 3.05) is 5.01 Å². The van der Waals surface area contributed by atoms with Gasteiger partial charge in [0.2, 0.25) is 0 Å². The van der Waals surface area contributed by atoms with Crippen molar-refractivity contribution in [1.82, 2.24) is 4.57 Å². The number of para-hydroxylation sites is 1. The fourth-order valence-electron chi connectivity index (χ4n) is 5.11. The van der Waals surface area contributed by atoms with Crippen LogP contribution in [0.3, 0.4) is 0 Å². The maximum absolute atomic E-state index is 10.1. The Morgan fingerprint density at radius 3 is 2.58 bits per heavy atom. The summed E-state index contributed by atoms with van der Waals surface area (Å²) in [5.41, 5.74) is 12.5. The van der Waals surface area contributed by atoms with Crippen LogP contribution in [0.2, 0.25) is 0 Å². The first kappa shape index (κ1) is 23.6. The fourth-order valence-corrected chi connectivity index (χ4v) is 6.56. The summed E-state index contributed by atoms with van der Waals surface area (Å²) < 4.78 is 2.11. The van der Waals surface area contributed by atoms with Crippen molar-refractivity contribution < 1.29 is 0 Å². The van der Waals surface area contributed by atoms with E-state index in [-0.39, 0.29) is 0 Å². The lowest BCUT2D eigenvalue weighted by Gasteiger charge is -2.21. The Bertz CT molecular complexity index is 1520. The van der Waals surface area contributed by atoms with Crippen LogP contribution in [0.4, 0.5) is 5.69 Å². The molecule has 1 aliphatic carbocycles. The van der Waals surface area contributed by atoms with E-state index in [0.29, 0.717) is 11.3 Å². The SMILES string of the molecule is Cc1cc(/C=C(/C#N)C2=NN(c3ccccc3)[C@H](N)[C@H]2C#N)c(C)n1-c1sc2c(c1C#N)CCCC2. The van der Waals surface area contributed by atoms with Gasteiger partial charge >= 0.3 is 0 Å². The number of fused-ring (bicyclic) bond motifs is 1. The first-order valence-electron chi connectivity index (χ1n) is 11.9. The summed E-state index contributed by atoms with van der Waals surface area (Å²) in [6.07, 6.45) is 5.34. The molecule has 0 amide bonds. The number of aryl methyl sites for hydroxylation is 2. The summed E-state index contributed by atoms with van der Waals surface area (Å²) in [5, 5.41) is 37.1. The minimum absolute atomic E-state index is 0.307. The van der Waals surface area contributed by atoms with Crippen molar-refractivity contribution in [1.29, 1.82) is 15.8 Å². The third kappa shape index (κ3) is 3.80. The third-order valence-electron chi connectivity index (χ3n) is 6.93. The molecule has 178 valence electrons. The second kappa shape index (κ2) is 9.47. The van der Waals surface area contributed by atoms with Crippen LogP contribution in [0.5, 0.6) is 0 Å². The molecule has 1 aromatic carbocycles. The summed E-state index contributed by atoms with van der Waals surface area (Å²) in [7, 11) is 0. The van der Waals surface area contributed by atoms with Crippen molar-refractivity contribution in [2.24, 2.45) is 16.8 Å². The van der Waals surface area contributed by atoms with Crippen LogP contribution >= 0.6 is 11.3 Å². The van der Waals surface area contributed by atoms with Crippen molar-refractivity contribution in [2.45, 2.75) is 45.7 Å². The monoisotopic (exact) mass is 491 g/mol. The minimum Gasteiger partial charge on any atom is -0.308 e. The maximum atomic E-state index is 10.1. The number of benzene rings is 1. The van der Waals surface area contributed by atoms with Crippen LogP contribution in [-0.4, -0.2) is 16.4 Å². The Labute approximate surface area is 214 Å². The molecule has 0 spiro atoms. The van der Waals surface area contributed by atoms with Gasteiger partial charge in [-0.3, -0.25) is 0 Å². The molecule has 0 unspecified atom stereocenters.